The van der Waals surface area contributed by atoms with Gasteiger partial charge in [-0.15, -0.1) is 0 Å². The van der Waals surface area contributed by atoms with E-state index in [-0.39, 0.29) is 11.9 Å². The van der Waals surface area contributed by atoms with Crippen LogP contribution in [0.15, 0.2) is 42.5 Å². The number of nitrogens with zero attached hydrogens (tertiary/aromatic N) is 1. The van der Waals surface area contributed by atoms with Gasteiger partial charge >= 0.3 is 0 Å². The number of aryl methyl sites for hydroxylation is 1. The average Bonchev–Trinajstić information content (AvgIpc) is 2.55. The summed E-state index contributed by atoms with van der Waals surface area (Å²) in [6, 6.07) is 15.4. The molecule has 120 valence electrons. The second kappa shape index (κ2) is 6.55. The van der Waals surface area contributed by atoms with Gasteiger partial charge < -0.3 is 10.2 Å². The summed E-state index contributed by atoms with van der Waals surface area (Å²) in [4.78, 5) is 13.9. The normalized spacial score (nSPS) is 17.0. The van der Waals surface area contributed by atoms with Gasteiger partial charge in [-0.2, -0.15) is 0 Å². The van der Waals surface area contributed by atoms with E-state index in [0.717, 1.165) is 25.1 Å². The molecule has 0 spiro atoms. The molecule has 0 aromatic heterocycles. The van der Waals surface area contributed by atoms with Crippen molar-refractivity contribution in [1.29, 1.82) is 0 Å². The highest BCUT2D eigenvalue weighted by Gasteiger charge is 2.26. The van der Waals surface area contributed by atoms with Crippen LogP contribution in [0.25, 0.3) is 11.1 Å². The number of anilines is 1. The first-order valence-electron chi connectivity index (χ1n) is 8.27. The standard InChI is InChI=1S/C20H24N2O/c1-14-4-7-19-12-18(10-11-20(19)22(14)15(2)23)17-8-5-16(6-9-17)13-21-3/h5-6,8-12,14,21H,4,7,13H2,1-3H3. The second-order valence-corrected chi connectivity index (χ2v) is 6.35. The van der Waals surface area contributed by atoms with E-state index in [2.05, 4.69) is 54.7 Å². The number of fused-ring (bicyclic) bond motifs is 1. The van der Waals surface area contributed by atoms with E-state index in [1.54, 1.807) is 6.92 Å². The fourth-order valence-corrected chi connectivity index (χ4v) is 3.43. The topological polar surface area (TPSA) is 32.3 Å². The van der Waals surface area contributed by atoms with Crippen LogP contribution in [0, 0.1) is 0 Å². The molecule has 3 rings (SSSR count). The SMILES string of the molecule is CNCc1ccc(-c2ccc3c(c2)CCC(C)N3C(C)=O)cc1. The highest BCUT2D eigenvalue weighted by molar-refractivity contribution is 5.94. The molecule has 1 N–H and O–H groups in total. The smallest absolute Gasteiger partial charge is 0.224 e. The zero-order valence-electron chi connectivity index (χ0n) is 14.1. The molecule has 0 saturated heterocycles. The summed E-state index contributed by atoms with van der Waals surface area (Å²) in [7, 11) is 1.96. The van der Waals surface area contributed by atoms with Crippen molar-refractivity contribution >= 4 is 11.6 Å². The van der Waals surface area contributed by atoms with Crippen LogP contribution in [0.1, 0.15) is 31.4 Å². The second-order valence-electron chi connectivity index (χ2n) is 6.35. The number of benzene rings is 2. The van der Waals surface area contributed by atoms with Gasteiger partial charge in [-0.1, -0.05) is 30.3 Å². The van der Waals surface area contributed by atoms with Crippen molar-refractivity contribution in [2.75, 3.05) is 11.9 Å². The average molecular weight is 308 g/mol. The molecule has 3 heteroatoms. The van der Waals surface area contributed by atoms with Crippen LogP contribution < -0.4 is 10.2 Å². The van der Waals surface area contributed by atoms with Gasteiger partial charge in [-0.3, -0.25) is 4.79 Å². The van der Waals surface area contributed by atoms with Crippen LogP contribution in [0.2, 0.25) is 0 Å². The van der Waals surface area contributed by atoms with Crippen molar-refractivity contribution in [3.05, 3.63) is 53.6 Å². The maximum absolute atomic E-state index is 11.9. The summed E-state index contributed by atoms with van der Waals surface area (Å²) in [6.07, 6.45) is 2.06. The van der Waals surface area contributed by atoms with Crippen LogP contribution in [0.4, 0.5) is 5.69 Å². The number of rotatable bonds is 3. The Morgan fingerprint density at radius 3 is 2.52 bits per heavy atom. The fraction of sp³-hybridized carbons (Fsp3) is 0.350. The van der Waals surface area contributed by atoms with E-state index in [1.165, 1.54) is 22.3 Å². The van der Waals surface area contributed by atoms with Gasteiger partial charge in [0.15, 0.2) is 0 Å². The largest absolute Gasteiger partial charge is 0.316 e. The monoisotopic (exact) mass is 308 g/mol. The molecule has 0 radical (unpaired) electrons. The third-order valence-corrected chi connectivity index (χ3v) is 4.62. The quantitative estimate of drug-likeness (QED) is 0.936. The number of hydrogen-bond acceptors (Lipinski definition) is 2. The molecule has 23 heavy (non-hydrogen) atoms. The third-order valence-electron chi connectivity index (χ3n) is 4.62. The van der Waals surface area contributed by atoms with Gasteiger partial charge in [0.2, 0.25) is 5.91 Å². The minimum Gasteiger partial charge on any atom is -0.316 e. The molecule has 0 fully saturated rings. The Morgan fingerprint density at radius 2 is 1.87 bits per heavy atom. The summed E-state index contributed by atoms with van der Waals surface area (Å²) in [6.45, 7) is 4.66. The van der Waals surface area contributed by atoms with Gasteiger partial charge in [0.05, 0.1) is 0 Å². The minimum absolute atomic E-state index is 0.127. The molecular weight excluding hydrogens is 284 g/mol. The summed E-state index contributed by atoms with van der Waals surface area (Å²) < 4.78 is 0. The van der Waals surface area contributed by atoms with Crippen molar-refractivity contribution < 1.29 is 4.79 Å². The van der Waals surface area contributed by atoms with E-state index in [9.17, 15) is 4.79 Å². The molecule has 0 aliphatic carbocycles. The van der Waals surface area contributed by atoms with Gasteiger partial charge in [0.25, 0.3) is 0 Å². The van der Waals surface area contributed by atoms with Crippen LogP contribution in [-0.4, -0.2) is 19.0 Å². The predicted octanol–water partition coefficient (Wildman–Crippen LogP) is 3.76. The maximum atomic E-state index is 11.9. The lowest BCUT2D eigenvalue weighted by Gasteiger charge is -2.34. The van der Waals surface area contributed by atoms with Gasteiger partial charge in [0.1, 0.15) is 0 Å². The lowest BCUT2D eigenvalue weighted by molar-refractivity contribution is -0.117. The van der Waals surface area contributed by atoms with E-state index in [4.69, 9.17) is 0 Å². The molecule has 1 aliphatic heterocycles. The summed E-state index contributed by atoms with van der Waals surface area (Å²) >= 11 is 0. The number of amides is 1. The van der Waals surface area contributed by atoms with Gasteiger partial charge in [-0.05, 0) is 61.2 Å². The lowest BCUT2D eigenvalue weighted by atomic mass is 9.93. The zero-order valence-corrected chi connectivity index (χ0v) is 14.1. The lowest BCUT2D eigenvalue weighted by Crippen LogP contribution is -2.40. The Balaban J connectivity index is 1.93. The molecule has 2 aromatic carbocycles. The van der Waals surface area contributed by atoms with Crippen LogP contribution in [0.3, 0.4) is 0 Å². The first kappa shape index (κ1) is 15.8. The number of carbonyl (C=O) groups is 1. The summed E-state index contributed by atoms with van der Waals surface area (Å²) in [5, 5.41) is 3.17. The van der Waals surface area contributed by atoms with E-state index in [0.29, 0.717) is 0 Å². The highest BCUT2D eigenvalue weighted by Crippen LogP contribution is 2.34. The Kier molecular flexibility index (Phi) is 4.49. The molecule has 3 nitrogen and oxygen atoms in total. The Bertz CT molecular complexity index is 706. The molecule has 1 amide bonds. The van der Waals surface area contributed by atoms with E-state index >= 15 is 0 Å². The first-order valence-corrected chi connectivity index (χ1v) is 8.27. The molecule has 1 atom stereocenters. The van der Waals surface area contributed by atoms with Crippen LogP contribution >= 0.6 is 0 Å². The van der Waals surface area contributed by atoms with E-state index in [1.807, 2.05) is 11.9 Å². The van der Waals surface area contributed by atoms with E-state index < -0.39 is 0 Å². The maximum Gasteiger partial charge on any atom is 0.224 e. The van der Waals surface area contributed by atoms with Crippen molar-refractivity contribution in [1.82, 2.24) is 5.32 Å². The van der Waals surface area contributed by atoms with Crippen LogP contribution in [0.5, 0.6) is 0 Å². The molecule has 0 bridgehead atoms. The minimum atomic E-state index is 0.127. The van der Waals surface area contributed by atoms with Crippen molar-refractivity contribution in [3.8, 4) is 11.1 Å². The third kappa shape index (κ3) is 3.15. The fourth-order valence-electron chi connectivity index (χ4n) is 3.43. The van der Waals surface area contributed by atoms with Crippen molar-refractivity contribution in [3.63, 3.8) is 0 Å². The summed E-state index contributed by atoms with van der Waals surface area (Å²) in [5.41, 5.74) is 6.08. The summed E-state index contributed by atoms with van der Waals surface area (Å²) in [5.74, 6) is 0.127. The zero-order chi connectivity index (χ0) is 16.4. The Labute approximate surface area is 138 Å². The highest BCUT2D eigenvalue weighted by atomic mass is 16.2. The van der Waals surface area contributed by atoms with Gasteiger partial charge in [-0.25, -0.2) is 0 Å². The molecular formula is C20H24N2O. The molecule has 1 aliphatic rings. The number of hydrogen-bond donors (Lipinski definition) is 1. The number of carbonyl (C=O) groups excluding carboxylic acids is 1. The molecule has 1 unspecified atom stereocenters. The van der Waals surface area contributed by atoms with Crippen molar-refractivity contribution in [2.45, 2.75) is 39.3 Å². The first-order chi connectivity index (χ1) is 11.1. The predicted molar refractivity (Wildman–Crippen MR) is 95.6 cm³/mol. The van der Waals surface area contributed by atoms with Gasteiger partial charge in [0, 0.05) is 25.2 Å². The number of nitrogens with one attached hydrogen (secondary N) is 1. The Hall–Kier alpha value is -2.13. The van der Waals surface area contributed by atoms with Crippen LogP contribution in [-0.2, 0) is 17.8 Å². The Morgan fingerprint density at radius 1 is 1.17 bits per heavy atom. The van der Waals surface area contributed by atoms with Crippen molar-refractivity contribution in [2.24, 2.45) is 0 Å². The molecule has 2 aromatic rings. The molecule has 0 saturated carbocycles. The molecule has 1 heterocycles.